The molecule has 2 rings (SSSR count). The minimum atomic E-state index is -0.543. The van der Waals surface area contributed by atoms with Crippen LogP contribution in [0.5, 0.6) is 0 Å². The molecule has 0 bridgehead atoms. The number of carbonyl (C=O) groups is 2. The van der Waals surface area contributed by atoms with Crippen LogP contribution < -0.4 is 16.4 Å². The lowest BCUT2D eigenvalue weighted by atomic mass is 10.0. The van der Waals surface area contributed by atoms with Crippen molar-refractivity contribution in [1.29, 1.82) is 0 Å². The smallest absolute Gasteiger partial charge is 0.251 e. The van der Waals surface area contributed by atoms with Gasteiger partial charge in [0.15, 0.2) is 0 Å². The summed E-state index contributed by atoms with van der Waals surface area (Å²) in [6, 6.07) is 6.32. The molecule has 1 aliphatic rings. The second-order valence-corrected chi connectivity index (χ2v) is 6.64. The Hall–Kier alpha value is -1.92. The average Bonchev–Trinajstić information content (AvgIpc) is 3.08. The quantitative estimate of drug-likeness (QED) is 0.705. The van der Waals surface area contributed by atoms with Crippen LogP contribution in [0.1, 0.15) is 37.0 Å². The Labute approximate surface area is 143 Å². The monoisotopic (exact) mass is 332 g/mol. The summed E-state index contributed by atoms with van der Waals surface area (Å²) in [4.78, 5) is 26.4. The predicted octanol–water partition coefficient (Wildman–Crippen LogP) is 1.43. The van der Waals surface area contributed by atoms with E-state index in [1.165, 1.54) is 12.8 Å². The van der Waals surface area contributed by atoms with Crippen molar-refractivity contribution in [2.75, 3.05) is 31.5 Å². The Kier molecular flexibility index (Phi) is 6.75. The van der Waals surface area contributed by atoms with Crippen LogP contribution in [0.2, 0.25) is 0 Å². The number of carbonyl (C=O) groups excluding carboxylic acids is 2. The summed E-state index contributed by atoms with van der Waals surface area (Å²) in [6.07, 6.45) is 2.50. The molecular formula is C18H28N4O2. The van der Waals surface area contributed by atoms with Crippen molar-refractivity contribution in [2.45, 2.75) is 32.7 Å². The van der Waals surface area contributed by atoms with Crippen molar-refractivity contribution in [3.63, 3.8) is 0 Å². The summed E-state index contributed by atoms with van der Waals surface area (Å²) in [5.74, 6) is -0.232. The lowest BCUT2D eigenvalue weighted by molar-refractivity contribution is -0.118. The molecule has 0 aliphatic carbocycles. The second-order valence-electron chi connectivity index (χ2n) is 6.64. The van der Waals surface area contributed by atoms with E-state index >= 15 is 0 Å². The van der Waals surface area contributed by atoms with E-state index in [-0.39, 0.29) is 17.7 Å². The molecule has 24 heavy (non-hydrogen) atoms. The second kappa shape index (κ2) is 8.80. The number of nitrogens with two attached hydrogens (primary N) is 1. The van der Waals surface area contributed by atoms with E-state index in [1.807, 2.05) is 13.8 Å². The van der Waals surface area contributed by atoms with Gasteiger partial charge in [0.05, 0.1) is 6.04 Å². The van der Waals surface area contributed by atoms with Gasteiger partial charge in [0.25, 0.3) is 5.91 Å². The summed E-state index contributed by atoms with van der Waals surface area (Å²) in [5, 5.41) is 5.70. The first-order valence-corrected chi connectivity index (χ1v) is 8.64. The number of nitrogens with one attached hydrogen (secondary N) is 2. The zero-order valence-electron chi connectivity index (χ0n) is 14.5. The van der Waals surface area contributed by atoms with Gasteiger partial charge in [-0.05, 0) is 56.1 Å². The minimum absolute atomic E-state index is 0.0747. The number of rotatable bonds is 7. The molecule has 1 atom stereocenters. The van der Waals surface area contributed by atoms with Gasteiger partial charge in [-0.2, -0.15) is 0 Å². The first-order chi connectivity index (χ1) is 11.5. The highest BCUT2D eigenvalue weighted by atomic mass is 16.2. The molecule has 0 radical (unpaired) electrons. The molecule has 1 aromatic carbocycles. The van der Waals surface area contributed by atoms with E-state index < -0.39 is 6.04 Å². The maximum absolute atomic E-state index is 12.1. The van der Waals surface area contributed by atoms with Crippen molar-refractivity contribution in [2.24, 2.45) is 11.7 Å². The Bertz CT molecular complexity index is 551. The molecular weight excluding hydrogens is 304 g/mol. The highest BCUT2D eigenvalue weighted by molar-refractivity contribution is 5.97. The summed E-state index contributed by atoms with van der Waals surface area (Å²) in [5.41, 5.74) is 7.04. The van der Waals surface area contributed by atoms with E-state index in [9.17, 15) is 9.59 Å². The highest BCUT2D eigenvalue weighted by Gasteiger charge is 2.17. The number of benzene rings is 1. The van der Waals surface area contributed by atoms with Gasteiger partial charge in [0.2, 0.25) is 5.91 Å². The van der Waals surface area contributed by atoms with E-state index in [1.54, 1.807) is 24.3 Å². The van der Waals surface area contributed by atoms with E-state index in [4.69, 9.17) is 5.73 Å². The largest absolute Gasteiger partial charge is 0.351 e. The van der Waals surface area contributed by atoms with Crippen LogP contribution in [0.3, 0.4) is 0 Å². The summed E-state index contributed by atoms with van der Waals surface area (Å²) < 4.78 is 0. The lowest BCUT2D eigenvalue weighted by Crippen LogP contribution is -2.39. The van der Waals surface area contributed by atoms with E-state index in [2.05, 4.69) is 15.5 Å². The van der Waals surface area contributed by atoms with Crippen LogP contribution in [0, 0.1) is 5.92 Å². The Morgan fingerprint density at radius 2 is 1.79 bits per heavy atom. The maximum atomic E-state index is 12.1. The Balaban J connectivity index is 1.79. The van der Waals surface area contributed by atoms with Crippen LogP contribution in [-0.2, 0) is 4.79 Å². The fourth-order valence-electron chi connectivity index (χ4n) is 2.67. The van der Waals surface area contributed by atoms with Gasteiger partial charge >= 0.3 is 0 Å². The van der Waals surface area contributed by atoms with Crippen LogP contribution >= 0.6 is 0 Å². The molecule has 0 spiro atoms. The van der Waals surface area contributed by atoms with Crippen LogP contribution in [-0.4, -0.2) is 48.9 Å². The summed E-state index contributed by atoms with van der Waals surface area (Å²) >= 11 is 0. The molecule has 0 saturated carbocycles. The summed E-state index contributed by atoms with van der Waals surface area (Å²) in [6.45, 7) is 7.61. The van der Waals surface area contributed by atoms with E-state index in [0.29, 0.717) is 17.8 Å². The molecule has 132 valence electrons. The molecule has 1 aromatic rings. The Morgan fingerprint density at radius 1 is 1.17 bits per heavy atom. The minimum Gasteiger partial charge on any atom is -0.351 e. The number of anilines is 1. The molecule has 4 N–H and O–H groups in total. The molecule has 2 amide bonds. The number of hydrogen-bond acceptors (Lipinski definition) is 4. The normalized spacial score (nSPS) is 16.2. The van der Waals surface area contributed by atoms with Crippen molar-refractivity contribution in [3.8, 4) is 0 Å². The highest BCUT2D eigenvalue weighted by Crippen LogP contribution is 2.11. The molecule has 6 nitrogen and oxygen atoms in total. The maximum Gasteiger partial charge on any atom is 0.251 e. The third kappa shape index (κ3) is 5.32. The van der Waals surface area contributed by atoms with Gasteiger partial charge in [-0.1, -0.05) is 13.8 Å². The van der Waals surface area contributed by atoms with Gasteiger partial charge < -0.3 is 21.3 Å². The van der Waals surface area contributed by atoms with Crippen molar-refractivity contribution in [1.82, 2.24) is 10.2 Å². The third-order valence-corrected chi connectivity index (χ3v) is 4.35. The van der Waals surface area contributed by atoms with Gasteiger partial charge in [0.1, 0.15) is 0 Å². The molecule has 6 heteroatoms. The van der Waals surface area contributed by atoms with Gasteiger partial charge in [-0.25, -0.2) is 0 Å². The van der Waals surface area contributed by atoms with Crippen molar-refractivity contribution < 1.29 is 9.59 Å². The molecule has 1 saturated heterocycles. The lowest BCUT2D eigenvalue weighted by Gasteiger charge is -2.16. The Morgan fingerprint density at radius 3 is 2.38 bits per heavy atom. The third-order valence-electron chi connectivity index (χ3n) is 4.35. The molecule has 1 fully saturated rings. The summed E-state index contributed by atoms with van der Waals surface area (Å²) in [7, 11) is 0. The zero-order chi connectivity index (χ0) is 17.5. The van der Waals surface area contributed by atoms with Gasteiger partial charge in [-0.15, -0.1) is 0 Å². The molecule has 0 unspecified atom stereocenters. The van der Waals surface area contributed by atoms with Gasteiger partial charge in [-0.3, -0.25) is 9.59 Å². The molecule has 0 aromatic heterocycles. The first-order valence-electron chi connectivity index (χ1n) is 8.64. The van der Waals surface area contributed by atoms with Crippen LogP contribution in [0.4, 0.5) is 5.69 Å². The fourth-order valence-corrected chi connectivity index (χ4v) is 2.67. The van der Waals surface area contributed by atoms with Gasteiger partial charge in [0, 0.05) is 24.3 Å². The SMILES string of the molecule is CC(C)[C@H](N)C(=O)Nc1ccc(C(=O)NCCN2CCCC2)cc1. The average molecular weight is 332 g/mol. The molecule has 1 aliphatic heterocycles. The van der Waals surface area contributed by atoms with Crippen LogP contribution in [0.25, 0.3) is 0 Å². The number of likely N-dealkylation sites (tertiary alicyclic amines) is 1. The van der Waals surface area contributed by atoms with Crippen molar-refractivity contribution in [3.05, 3.63) is 29.8 Å². The molecule has 1 heterocycles. The first kappa shape index (κ1) is 18.4. The fraction of sp³-hybridized carbons (Fsp3) is 0.556. The predicted molar refractivity (Wildman–Crippen MR) is 95.9 cm³/mol. The standard InChI is InChI=1S/C18H28N4O2/c1-13(2)16(19)18(24)21-15-7-5-14(6-8-15)17(23)20-9-12-22-10-3-4-11-22/h5-8,13,16H,3-4,9-12,19H2,1-2H3,(H,20,23)(H,21,24)/t16-/m0/s1. The number of nitrogens with zero attached hydrogens (tertiary/aromatic N) is 1. The number of amides is 2. The number of hydrogen-bond donors (Lipinski definition) is 3. The van der Waals surface area contributed by atoms with E-state index in [0.717, 1.165) is 19.6 Å². The van der Waals surface area contributed by atoms with Crippen LogP contribution in [0.15, 0.2) is 24.3 Å². The zero-order valence-corrected chi connectivity index (χ0v) is 14.5. The van der Waals surface area contributed by atoms with Crippen molar-refractivity contribution >= 4 is 17.5 Å². The topological polar surface area (TPSA) is 87.5 Å².